The molecule has 2 rings (SSSR count). The standard InChI is InChI=1S/C13H17ClN2O3S/c1-8-10(12(17)18)5-7-16(8)13(19)15-6-4-9-2-3-11(14)20-9/h2-3,8,10H,4-7H2,1H3,(H,15,19)(H,17,18). The van der Waals surface area contributed by atoms with Gasteiger partial charge in [0, 0.05) is 24.0 Å². The van der Waals surface area contributed by atoms with E-state index >= 15 is 0 Å². The Labute approximate surface area is 126 Å². The number of carbonyl (C=O) groups is 2. The van der Waals surface area contributed by atoms with Gasteiger partial charge < -0.3 is 15.3 Å². The summed E-state index contributed by atoms with van der Waals surface area (Å²) < 4.78 is 0.740. The number of rotatable bonds is 4. The van der Waals surface area contributed by atoms with Crippen LogP contribution >= 0.6 is 22.9 Å². The summed E-state index contributed by atoms with van der Waals surface area (Å²) in [7, 11) is 0. The largest absolute Gasteiger partial charge is 0.481 e. The van der Waals surface area contributed by atoms with Crippen molar-refractivity contribution in [2.24, 2.45) is 5.92 Å². The quantitative estimate of drug-likeness (QED) is 0.896. The fourth-order valence-electron chi connectivity index (χ4n) is 2.44. The molecule has 1 fully saturated rings. The molecule has 5 nitrogen and oxygen atoms in total. The lowest BCUT2D eigenvalue weighted by Crippen LogP contribution is -2.44. The molecule has 20 heavy (non-hydrogen) atoms. The monoisotopic (exact) mass is 316 g/mol. The highest BCUT2D eigenvalue weighted by Crippen LogP contribution is 2.24. The minimum Gasteiger partial charge on any atom is -0.481 e. The third-order valence-electron chi connectivity index (χ3n) is 3.61. The lowest BCUT2D eigenvalue weighted by molar-refractivity contribution is -0.142. The van der Waals surface area contributed by atoms with Crippen molar-refractivity contribution in [3.05, 3.63) is 21.3 Å². The molecule has 0 spiro atoms. The van der Waals surface area contributed by atoms with Crippen LogP contribution in [-0.4, -0.2) is 41.1 Å². The fraction of sp³-hybridized carbons (Fsp3) is 0.538. The maximum atomic E-state index is 12.0. The van der Waals surface area contributed by atoms with Crippen LogP contribution in [0.3, 0.4) is 0 Å². The molecule has 1 aromatic rings. The number of hydrogen-bond acceptors (Lipinski definition) is 3. The van der Waals surface area contributed by atoms with E-state index in [1.807, 2.05) is 12.1 Å². The molecule has 1 aromatic heterocycles. The molecule has 2 N–H and O–H groups in total. The first-order valence-electron chi connectivity index (χ1n) is 6.50. The summed E-state index contributed by atoms with van der Waals surface area (Å²) in [4.78, 5) is 25.7. The van der Waals surface area contributed by atoms with Crippen LogP contribution in [-0.2, 0) is 11.2 Å². The molecule has 1 aliphatic heterocycles. The number of carbonyl (C=O) groups excluding carboxylic acids is 1. The molecular formula is C13H17ClN2O3S. The first-order valence-corrected chi connectivity index (χ1v) is 7.70. The molecule has 7 heteroatoms. The Balaban J connectivity index is 1.79. The number of amides is 2. The van der Waals surface area contributed by atoms with Gasteiger partial charge in [0.1, 0.15) is 0 Å². The maximum absolute atomic E-state index is 12.0. The number of likely N-dealkylation sites (tertiary alicyclic amines) is 1. The van der Waals surface area contributed by atoms with E-state index in [-0.39, 0.29) is 12.1 Å². The predicted octanol–water partition coefficient (Wildman–Crippen LogP) is 2.45. The Morgan fingerprint density at radius 3 is 2.85 bits per heavy atom. The summed E-state index contributed by atoms with van der Waals surface area (Å²) in [6, 6.07) is 3.33. The number of nitrogens with one attached hydrogen (secondary N) is 1. The molecule has 1 aliphatic rings. The van der Waals surface area contributed by atoms with Crippen molar-refractivity contribution < 1.29 is 14.7 Å². The molecule has 1 saturated heterocycles. The molecule has 2 amide bonds. The number of hydrogen-bond donors (Lipinski definition) is 2. The lowest BCUT2D eigenvalue weighted by atomic mass is 10.0. The van der Waals surface area contributed by atoms with E-state index in [1.54, 1.807) is 11.8 Å². The highest BCUT2D eigenvalue weighted by Gasteiger charge is 2.37. The smallest absolute Gasteiger partial charge is 0.317 e. The second-order valence-corrected chi connectivity index (χ2v) is 6.65. The van der Waals surface area contributed by atoms with Gasteiger partial charge in [-0.3, -0.25) is 4.79 Å². The van der Waals surface area contributed by atoms with Gasteiger partial charge in [-0.25, -0.2) is 4.79 Å². The van der Waals surface area contributed by atoms with Gasteiger partial charge in [0.05, 0.1) is 10.3 Å². The van der Waals surface area contributed by atoms with Crippen molar-refractivity contribution in [1.29, 1.82) is 0 Å². The Bertz CT molecular complexity index is 506. The second-order valence-electron chi connectivity index (χ2n) is 4.86. The summed E-state index contributed by atoms with van der Waals surface area (Å²) in [5.41, 5.74) is 0. The highest BCUT2D eigenvalue weighted by molar-refractivity contribution is 7.16. The van der Waals surface area contributed by atoms with Crippen LogP contribution in [0.4, 0.5) is 4.79 Å². The number of nitrogens with zero attached hydrogens (tertiary/aromatic N) is 1. The van der Waals surface area contributed by atoms with Gasteiger partial charge in [-0.15, -0.1) is 11.3 Å². The van der Waals surface area contributed by atoms with E-state index in [9.17, 15) is 9.59 Å². The molecule has 0 saturated carbocycles. The van der Waals surface area contributed by atoms with Crippen molar-refractivity contribution in [3.8, 4) is 0 Å². The predicted molar refractivity (Wildman–Crippen MR) is 78.3 cm³/mol. The van der Waals surface area contributed by atoms with Crippen molar-refractivity contribution in [2.45, 2.75) is 25.8 Å². The Morgan fingerprint density at radius 1 is 1.55 bits per heavy atom. The van der Waals surface area contributed by atoms with Gasteiger partial charge in [-0.2, -0.15) is 0 Å². The summed E-state index contributed by atoms with van der Waals surface area (Å²) in [5, 5.41) is 11.9. The minimum atomic E-state index is -0.832. The average Bonchev–Trinajstić information content (AvgIpc) is 2.95. The van der Waals surface area contributed by atoms with E-state index in [0.29, 0.717) is 19.5 Å². The first-order chi connectivity index (χ1) is 9.49. The normalized spacial score (nSPS) is 22.0. The van der Waals surface area contributed by atoms with Crippen LogP contribution in [0.1, 0.15) is 18.2 Å². The molecule has 0 aliphatic carbocycles. The van der Waals surface area contributed by atoms with Gasteiger partial charge in [0.25, 0.3) is 0 Å². The van der Waals surface area contributed by atoms with Gasteiger partial charge >= 0.3 is 12.0 Å². The van der Waals surface area contributed by atoms with Crippen LogP contribution < -0.4 is 5.32 Å². The van der Waals surface area contributed by atoms with Gasteiger partial charge in [-0.1, -0.05) is 11.6 Å². The third-order valence-corrected chi connectivity index (χ3v) is 4.90. The van der Waals surface area contributed by atoms with E-state index < -0.39 is 11.9 Å². The fourth-order valence-corrected chi connectivity index (χ4v) is 3.52. The highest BCUT2D eigenvalue weighted by atomic mass is 35.5. The maximum Gasteiger partial charge on any atom is 0.317 e. The number of thiophene rings is 1. The van der Waals surface area contributed by atoms with Crippen LogP contribution in [0.25, 0.3) is 0 Å². The van der Waals surface area contributed by atoms with Gasteiger partial charge in [-0.05, 0) is 31.9 Å². The zero-order valence-corrected chi connectivity index (χ0v) is 12.7. The van der Waals surface area contributed by atoms with Crippen LogP contribution in [0.2, 0.25) is 4.34 Å². The van der Waals surface area contributed by atoms with Crippen LogP contribution in [0, 0.1) is 5.92 Å². The van der Waals surface area contributed by atoms with Crippen LogP contribution in [0.5, 0.6) is 0 Å². The van der Waals surface area contributed by atoms with Crippen molar-refractivity contribution in [1.82, 2.24) is 10.2 Å². The SMILES string of the molecule is CC1C(C(=O)O)CCN1C(=O)NCCc1ccc(Cl)s1. The lowest BCUT2D eigenvalue weighted by Gasteiger charge is -2.23. The number of carboxylic acids is 1. The number of halogens is 1. The Morgan fingerprint density at radius 2 is 2.30 bits per heavy atom. The van der Waals surface area contributed by atoms with Crippen LogP contribution in [0.15, 0.2) is 12.1 Å². The molecule has 0 radical (unpaired) electrons. The molecule has 0 aromatic carbocycles. The van der Waals surface area contributed by atoms with E-state index in [2.05, 4.69) is 5.32 Å². The molecule has 2 heterocycles. The zero-order valence-electron chi connectivity index (χ0n) is 11.1. The number of urea groups is 1. The number of aliphatic carboxylic acids is 1. The molecule has 0 bridgehead atoms. The summed E-state index contributed by atoms with van der Waals surface area (Å²) >= 11 is 7.34. The molecule has 110 valence electrons. The summed E-state index contributed by atoms with van der Waals surface area (Å²) in [6.07, 6.45) is 1.25. The number of carboxylic acid groups (broad SMARTS) is 1. The minimum absolute atomic E-state index is 0.191. The van der Waals surface area contributed by atoms with E-state index in [4.69, 9.17) is 16.7 Å². The topological polar surface area (TPSA) is 69.6 Å². The van der Waals surface area contributed by atoms with Gasteiger partial charge in [0.15, 0.2) is 0 Å². The Hall–Kier alpha value is -1.27. The van der Waals surface area contributed by atoms with E-state index in [0.717, 1.165) is 15.6 Å². The average molecular weight is 317 g/mol. The zero-order chi connectivity index (χ0) is 14.7. The summed E-state index contributed by atoms with van der Waals surface area (Å²) in [6.45, 7) is 2.80. The Kier molecular flexibility index (Phi) is 4.88. The van der Waals surface area contributed by atoms with Crippen molar-refractivity contribution in [2.75, 3.05) is 13.1 Å². The molecule has 2 atom stereocenters. The first kappa shape index (κ1) is 15.1. The van der Waals surface area contributed by atoms with E-state index in [1.165, 1.54) is 11.3 Å². The molecule has 2 unspecified atom stereocenters. The summed E-state index contributed by atoms with van der Waals surface area (Å²) in [5.74, 6) is -1.29. The molecular weight excluding hydrogens is 300 g/mol. The third kappa shape index (κ3) is 3.43. The van der Waals surface area contributed by atoms with Gasteiger partial charge in [0.2, 0.25) is 0 Å². The van der Waals surface area contributed by atoms with Crippen molar-refractivity contribution >= 4 is 34.9 Å². The second kappa shape index (κ2) is 6.45. The van der Waals surface area contributed by atoms with Crippen molar-refractivity contribution in [3.63, 3.8) is 0 Å².